The van der Waals surface area contributed by atoms with E-state index in [2.05, 4.69) is 10.6 Å². The Morgan fingerprint density at radius 2 is 2.17 bits per heavy atom. The van der Waals surface area contributed by atoms with Crippen molar-refractivity contribution in [3.63, 3.8) is 0 Å². The fourth-order valence-corrected chi connectivity index (χ4v) is 2.77. The van der Waals surface area contributed by atoms with Gasteiger partial charge in [0.2, 0.25) is 5.91 Å². The van der Waals surface area contributed by atoms with E-state index in [1.165, 1.54) is 12.8 Å². The number of hydrogen-bond acceptors (Lipinski definition) is 3. The van der Waals surface area contributed by atoms with Crippen molar-refractivity contribution in [1.82, 2.24) is 5.32 Å². The number of thioether (sulfide) groups is 1. The molecule has 0 bridgehead atoms. The van der Waals surface area contributed by atoms with Gasteiger partial charge in [0.25, 0.3) is 0 Å². The monoisotopic (exact) mass is 264 g/mol. The predicted octanol–water partition coefficient (Wildman–Crippen LogP) is 2.88. The highest BCUT2D eigenvalue weighted by Gasteiger charge is 2.19. The quantitative estimate of drug-likeness (QED) is 0.825. The first-order chi connectivity index (χ1) is 8.81. The SMILES string of the molecule is CSc1ccccc1NC(=O)C1CCCCCN1. The Morgan fingerprint density at radius 3 is 3.00 bits per heavy atom. The average Bonchev–Trinajstić information content (AvgIpc) is 2.68. The molecule has 4 heteroatoms. The molecule has 1 heterocycles. The third-order valence-corrected chi connectivity index (χ3v) is 4.04. The molecule has 1 aromatic rings. The maximum atomic E-state index is 12.2. The molecule has 0 radical (unpaired) electrons. The number of benzene rings is 1. The summed E-state index contributed by atoms with van der Waals surface area (Å²) in [5, 5.41) is 6.36. The zero-order chi connectivity index (χ0) is 12.8. The smallest absolute Gasteiger partial charge is 0.241 e. The van der Waals surface area contributed by atoms with Crippen molar-refractivity contribution in [3.05, 3.63) is 24.3 Å². The van der Waals surface area contributed by atoms with Crippen LogP contribution in [0.1, 0.15) is 25.7 Å². The number of hydrogen-bond donors (Lipinski definition) is 2. The summed E-state index contributed by atoms with van der Waals surface area (Å²) >= 11 is 1.65. The van der Waals surface area contributed by atoms with E-state index in [1.807, 2.05) is 30.5 Å². The number of rotatable bonds is 3. The minimum Gasteiger partial charge on any atom is -0.324 e. The summed E-state index contributed by atoms with van der Waals surface area (Å²) in [5.74, 6) is 0.0957. The van der Waals surface area contributed by atoms with Crippen LogP contribution in [0.25, 0.3) is 0 Å². The van der Waals surface area contributed by atoms with Crippen LogP contribution >= 0.6 is 11.8 Å². The molecule has 0 aliphatic carbocycles. The van der Waals surface area contributed by atoms with Gasteiger partial charge in [-0.1, -0.05) is 25.0 Å². The number of carbonyl (C=O) groups is 1. The second-order valence-electron chi connectivity index (χ2n) is 4.55. The van der Waals surface area contributed by atoms with Crippen molar-refractivity contribution in [1.29, 1.82) is 0 Å². The fourth-order valence-electron chi connectivity index (χ4n) is 2.22. The molecule has 98 valence electrons. The summed E-state index contributed by atoms with van der Waals surface area (Å²) in [6.07, 6.45) is 6.49. The molecule has 0 aromatic heterocycles. The molecular weight excluding hydrogens is 244 g/mol. The standard InChI is InChI=1S/C14H20N2OS/c1-18-13-9-5-4-7-11(13)16-14(17)12-8-3-2-6-10-15-12/h4-5,7,9,12,15H,2-3,6,8,10H2,1H3,(H,16,17). The van der Waals surface area contributed by atoms with E-state index < -0.39 is 0 Å². The fraction of sp³-hybridized carbons (Fsp3) is 0.500. The molecule has 1 unspecified atom stereocenters. The topological polar surface area (TPSA) is 41.1 Å². The number of anilines is 1. The minimum atomic E-state index is -0.0394. The molecule has 1 atom stereocenters. The van der Waals surface area contributed by atoms with Crippen LogP contribution in [0.4, 0.5) is 5.69 Å². The Morgan fingerprint density at radius 1 is 1.33 bits per heavy atom. The Bertz CT molecular complexity index is 401. The van der Waals surface area contributed by atoms with Crippen LogP contribution in [-0.2, 0) is 4.79 Å². The Labute approximate surface area is 113 Å². The van der Waals surface area contributed by atoms with Crippen molar-refractivity contribution in [2.75, 3.05) is 18.1 Å². The van der Waals surface area contributed by atoms with E-state index >= 15 is 0 Å². The van der Waals surface area contributed by atoms with Gasteiger partial charge < -0.3 is 10.6 Å². The normalized spacial score (nSPS) is 20.2. The molecule has 2 N–H and O–H groups in total. The first-order valence-electron chi connectivity index (χ1n) is 6.48. The van der Waals surface area contributed by atoms with Crippen molar-refractivity contribution in [2.24, 2.45) is 0 Å². The van der Waals surface area contributed by atoms with E-state index in [-0.39, 0.29) is 11.9 Å². The Balaban J connectivity index is 2.01. The molecular formula is C14H20N2OS. The lowest BCUT2D eigenvalue weighted by Crippen LogP contribution is -2.39. The molecule has 2 rings (SSSR count). The first-order valence-corrected chi connectivity index (χ1v) is 7.71. The van der Waals surface area contributed by atoms with Crippen LogP contribution in [0.3, 0.4) is 0 Å². The maximum Gasteiger partial charge on any atom is 0.241 e. The van der Waals surface area contributed by atoms with Gasteiger partial charge in [-0.3, -0.25) is 4.79 Å². The van der Waals surface area contributed by atoms with Gasteiger partial charge in [-0.2, -0.15) is 0 Å². The molecule has 1 aliphatic heterocycles. The van der Waals surface area contributed by atoms with Crippen LogP contribution in [0.2, 0.25) is 0 Å². The second kappa shape index (κ2) is 6.81. The highest BCUT2D eigenvalue weighted by atomic mass is 32.2. The Kier molecular flexibility index (Phi) is 5.08. The van der Waals surface area contributed by atoms with Gasteiger partial charge in [0.15, 0.2) is 0 Å². The molecule has 1 saturated heterocycles. The van der Waals surface area contributed by atoms with Crippen LogP contribution in [-0.4, -0.2) is 24.7 Å². The van der Waals surface area contributed by atoms with Crippen molar-refractivity contribution < 1.29 is 4.79 Å². The lowest BCUT2D eigenvalue weighted by molar-refractivity contribution is -0.118. The zero-order valence-corrected chi connectivity index (χ0v) is 11.6. The molecule has 1 aliphatic rings. The van der Waals surface area contributed by atoms with Gasteiger partial charge >= 0.3 is 0 Å². The summed E-state index contributed by atoms with van der Waals surface area (Å²) in [4.78, 5) is 13.3. The van der Waals surface area contributed by atoms with Crippen LogP contribution in [0.5, 0.6) is 0 Å². The third-order valence-electron chi connectivity index (χ3n) is 3.24. The molecule has 1 amide bonds. The highest BCUT2D eigenvalue weighted by Crippen LogP contribution is 2.25. The van der Waals surface area contributed by atoms with Gasteiger partial charge in [0.05, 0.1) is 11.7 Å². The predicted molar refractivity (Wildman–Crippen MR) is 77.1 cm³/mol. The van der Waals surface area contributed by atoms with Crippen LogP contribution in [0, 0.1) is 0 Å². The molecule has 1 aromatic carbocycles. The summed E-state index contributed by atoms with van der Waals surface area (Å²) in [7, 11) is 0. The van der Waals surface area contributed by atoms with Gasteiger partial charge in [-0.05, 0) is 37.8 Å². The summed E-state index contributed by atoms with van der Waals surface area (Å²) in [6, 6.07) is 7.89. The van der Waals surface area contributed by atoms with Gasteiger partial charge in [0, 0.05) is 4.90 Å². The van der Waals surface area contributed by atoms with Gasteiger partial charge in [-0.25, -0.2) is 0 Å². The van der Waals surface area contributed by atoms with Crippen molar-refractivity contribution in [2.45, 2.75) is 36.6 Å². The van der Waals surface area contributed by atoms with E-state index in [0.29, 0.717) is 0 Å². The number of nitrogens with one attached hydrogen (secondary N) is 2. The van der Waals surface area contributed by atoms with Gasteiger partial charge in [0.1, 0.15) is 0 Å². The molecule has 3 nitrogen and oxygen atoms in total. The lowest BCUT2D eigenvalue weighted by atomic mass is 10.1. The van der Waals surface area contributed by atoms with Crippen LogP contribution in [0.15, 0.2) is 29.2 Å². The number of para-hydroxylation sites is 1. The highest BCUT2D eigenvalue weighted by molar-refractivity contribution is 7.98. The van der Waals surface area contributed by atoms with E-state index in [1.54, 1.807) is 11.8 Å². The first kappa shape index (κ1) is 13.4. The number of carbonyl (C=O) groups excluding carboxylic acids is 1. The maximum absolute atomic E-state index is 12.2. The molecule has 18 heavy (non-hydrogen) atoms. The average molecular weight is 264 g/mol. The summed E-state index contributed by atoms with van der Waals surface area (Å²) < 4.78 is 0. The third kappa shape index (κ3) is 3.50. The van der Waals surface area contributed by atoms with Crippen LogP contribution < -0.4 is 10.6 Å². The number of amides is 1. The lowest BCUT2D eigenvalue weighted by Gasteiger charge is -2.16. The minimum absolute atomic E-state index is 0.0394. The largest absolute Gasteiger partial charge is 0.324 e. The molecule has 0 spiro atoms. The van der Waals surface area contributed by atoms with Crippen molar-refractivity contribution >= 4 is 23.4 Å². The second-order valence-corrected chi connectivity index (χ2v) is 5.39. The van der Waals surface area contributed by atoms with E-state index in [4.69, 9.17) is 0 Å². The van der Waals surface area contributed by atoms with E-state index in [0.717, 1.165) is 30.0 Å². The molecule has 1 fully saturated rings. The molecule has 0 saturated carbocycles. The van der Waals surface area contributed by atoms with Gasteiger partial charge in [-0.15, -0.1) is 11.8 Å². The van der Waals surface area contributed by atoms with Crippen molar-refractivity contribution in [3.8, 4) is 0 Å². The summed E-state index contributed by atoms with van der Waals surface area (Å²) in [6.45, 7) is 0.947. The summed E-state index contributed by atoms with van der Waals surface area (Å²) in [5.41, 5.74) is 0.918. The Hall–Kier alpha value is -1.00. The zero-order valence-electron chi connectivity index (χ0n) is 10.7. The van der Waals surface area contributed by atoms with E-state index in [9.17, 15) is 4.79 Å².